The van der Waals surface area contributed by atoms with Gasteiger partial charge in [-0.05, 0) is 57.2 Å². The number of hydrogen-bond acceptors (Lipinski definition) is 5. The van der Waals surface area contributed by atoms with E-state index < -0.39 is 10.0 Å². The lowest BCUT2D eigenvalue weighted by Gasteiger charge is -2.25. The predicted molar refractivity (Wildman–Crippen MR) is 112 cm³/mol. The Balaban J connectivity index is 1.58. The molecule has 0 saturated carbocycles. The van der Waals surface area contributed by atoms with Gasteiger partial charge in [0.25, 0.3) is 0 Å². The Morgan fingerprint density at radius 1 is 1.18 bits per heavy atom. The summed E-state index contributed by atoms with van der Waals surface area (Å²) in [6, 6.07) is 5.38. The molecular formula is C20H29N3O3S2. The van der Waals surface area contributed by atoms with Crippen molar-refractivity contribution in [3.05, 3.63) is 18.2 Å². The van der Waals surface area contributed by atoms with Gasteiger partial charge in [-0.25, -0.2) is 13.4 Å². The molecule has 2 aromatic rings. The molecule has 0 N–H and O–H groups in total. The topological polar surface area (TPSA) is 64.4 Å². The Bertz CT molecular complexity index is 914. The van der Waals surface area contributed by atoms with Crippen LogP contribution in [0.1, 0.15) is 45.4 Å². The summed E-state index contributed by atoms with van der Waals surface area (Å²) in [4.78, 5) is 5.13. The first-order valence-corrected chi connectivity index (χ1v) is 12.8. The minimum atomic E-state index is -3.44. The smallest absolute Gasteiger partial charge is 0.243 e. The normalized spacial score (nSPS) is 22.0. The lowest BCUT2D eigenvalue weighted by molar-refractivity contribution is 0.0315. The number of aromatic nitrogens is 2. The SMILES string of the molecule is CCn1c(SC[C@H]2CCCCO2)nc2cc(S(=O)(=O)N3CCCCC3)ccc21. The minimum absolute atomic E-state index is 0.291. The fraction of sp³-hybridized carbons (Fsp3) is 0.650. The van der Waals surface area contributed by atoms with E-state index in [2.05, 4.69) is 11.5 Å². The van der Waals surface area contributed by atoms with Crippen LogP contribution in [0.15, 0.2) is 28.3 Å². The van der Waals surface area contributed by atoms with Crippen LogP contribution in [0.25, 0.3) is 11.0 Å². The van der Waals surface area contributed by atoms with Crippen LogP contribution in [0.4, 0.5) is 0 Å². The first-order valence-electron chi connectivity index (χ1n) is 10.3. The Morgan fingerprint density at radius 3 is 2.71 bits per heavy atom. The van der Waals surface area contributed by atoms with Crippen LogP contribution < -0.4 is 0 Å². The molecule has 0 aliphatic carbocycles. The highest BCUT2D eigenvalue weighted by Crippen LogP contribution is 2.29. The molecule has 2 aliphatic rings. The number of nitrogens with zero attached hydrogens (tertiary/aromatic N) is 3. The van der Waals surface area contributed by atoms with E-state index in [0.29, 0.717) is 24.1 Å². The Hall–Kier alpha value is -1.09. The molecule has 0 amide bonds. The van der Waals surface area contributed by atoms with E-state index in [1.807, 2.05) is 6.07 Å². The maximum atomic E-state index is 13.0. The van der Waals surface area contributed by atoms with Crippen molar-refractivity contribution in [1.29, 1.82) is 0 Å². The van der Waals surface area contributed by atoms with Crippen LogP contribution >= 0.6 is 11.8 Å². The van der Waals surface area contributed by atoms with Gasteiger partial charge in [-0.1, -0.05) is 18.2 Å². The zero-order chi connectivity index (χ0) is 19.6. The van der Waals surface area contributed by atoms with Gasteiger partial charge in [0.05, 0.1) is 22.0 Å². The average Bonchev–Trinajstić information content (AvgIpc) is 3.10. The molecule has 0 spiro atoms. The van der Waals surface area contributed by atoms with Gasteiger partial charge in [-0.2, -0.15) is 4.31 Å². The molecule has 1 aromatic carbocycles. The van der Waals surface area contributed by atoms with Gasteiger partial charge < -0.3 is 9.30 Å². The van der Waals surface area contributed by atoms with Crippen molar-refractivity contribution in [3.8, 4) is 0 Å². The number of piperidine rings is 1. The Labute approximate surface area is 171 Å². The second-order valence-electron chi connectivity index (χ2n) is 7.55. The number of ether oxygens (including phenoxy) is 1. The fourth-order valence-electron chi connectivity index (χ4n) is 4.02. The monoisotopic (exact) mass is 423 g/mol. The van der Waals surface area contributed by atoms with Crippen molar-refractivity contribution in [3.63, 3.8) is 0 Å². The lowest BCUT2D eigenvalue weighted by atomic mass is 10.1. The van der Waals surface area contributed by atoms with Crippen LogP contribution in [0.2, 0.25) is 0 Å². The molecule has 2 fully saturated rings. The van der Waals surface area contributed by atoms with Crippen LogP contribution in [0.3, 0.4) is 0 Å². The molecule has 28 heavy (non-hydrogen) atoms. The molecule has 4 rings (SSSR count). The zero-order valence-corrected chi connectivity index (χ0v) is 18.1. The third-order valence-corrected chi connectivity index (χ3v) is 8.63. The predicted octanol–water partition coefficient (Wildman–Crippen LogP) is 3.89. The van der Waals surface area contributed by atoms with Crippen molar-refractivity contribution in [2.24, 2.45) is 0 Å². The van der Waals surface area contributed by atoms with Crippen molar-refractivity contribution in [2.75, 3.05) is 25.4 Å². The number of thioether (sulfide) groups is 1. The van der Waals surface area contributed by atoms with E-state index >= 15 is 0 Å². The van der Waals surface area contributed by atoms with E-state index in [4.69, 9.17) is 9.72 Å². The highest BCUT2D eigenvalue weighted by atomic mass is 32.2. The van der Waals surface area contributed by atoms with Crippen LogP contribution in [0, 0.1) is 0 Å². The molecule has 8 heteroatoms. The first-order chi connectivity index (χ1) is 13.6. The summed E-state index contributed by atoms with van der Waals surface area (Å²) >= 11 is 1.71. The third-order valence-electron chi connectivity index (χ3n) is 5.63. The molecular weight excluding hydrogens is 394 g/mol. The van der Waals surface area contributed by atoms with Crippen LogP contribution in [0.5, 0.6) is 0 Å². The first kappa shape index (κ1) is 20.2. The molecule has 0 unspecified atom stereocenters. The summed E-state index contributed by atoms with van der Waals surface area (Å²) < 4.78 is 35.6. The summed E-state index contributed by atoms with van der Waals surface area (Å²) in [6.07, 6.45) is 6.77. The zero-order valence-electron chi connectivity index (χ0n) is 16.5. The summed E-state index contributed by atoms with van der Waals surface area (Å²) in [5.41, 5.74) is 1.75. The van der Waals surface area contributed by atoms with E-state index in [1.165, 1.54) is 6.42 Å². The number of sulfonamides is 1. The summed E-state index contributed by atoms with van der Waals surface area (Å²) in [5.74, 6) is 0.891. The molecule has 2 saturated heterocycles. The molecule has 3 heterocycles. The molecule has 0 radical (unpaired) electrons. The summed E-state index contributed by atoms with van der Waals surface area (Å²) in [7, 11) is -3.44. The molecule has 154 valence electrons. The second-order valence-corrected chi connectivity index (χ2v) is 10.5. The van der Waals surface area contributed by atoms with Crippen molar-refractivity contribution in [1.82, 2.24) is 13.9 Å². The summed E-state index contributed by atoms with van der Waals surface area (Å²) in [5, 5.41) is 0.944. The highest BCUT2D eigenvalue weighted by molar-refractivity contribution is 7.99. The number of imidazole rings is 1. The number of hydrogen-bond donors (Lipinski definition) is 0. The highest BCUT2D eigenvalue weighted by Gasteiger charge is 2.27. The minimum Gasteiger partial charge on any atom is -0.377 e. The van der Waals surface area contributed by atoms with E-state index in [1.54, 1.807) is 28.2 Å². The Kier molecular flexibility index (Phi) is 6.30. The molecule has 6 nitrogen and oxygen atoms in total. The molecule has 0 bridgehead atoms. The molecule has 2 aliphatic heterocycles. The van der Waals surface area contributed by atoms with Crippen LogP contribution in [-0.2, 0) is 21.3 Å². The fourth-order valence-corrected chi connectivity index (χ4v) is 6.71. The number of aryl methyl sites for hydroxylation is 1. The second kappa shape index (κ2) is 8.73. The number of benzene rings is 1. The third kappa shape index (κ3) is 4.10. The maximum absolute atomic E-state index is 13.0. The standard InChI is InChI=1S/C20H29N3O3S2/c1-2-23-19-10-9-17(28(24,25)22-11-5-3-6-12-22)14-18(19)21-20(23)27-15-16-8-4-7-13-26-16/h9-10,14,16H,2-8,11-13,15H2,1H3/t16-/m1/s1. The number of rotatable bonds is 6. The van der Waals surface area contributed by atoms with Gasteiger partial charge in [-0.3, -0.25) is 0 Å². The molecule has 1 atom stereocenters. The van der Waals surface area contributed by atoms with Gasteiger partial charge in [0.15, 0.2) is 5.16 Å². The van der Waals surface area contributed by atoms with E-state index in [0.717, 1.165) is 67.2 Å². The average molecular weight is 424 g/mol. The maximum Gasteiger partial charge on any atom is 0.243 e. The largest absolute Gasteiger partial charge is 0.377 e. The lowest BCUT2D eigenvalue weighted by Crippen LogP contribution is -2.35. The quantitative estimate of drug-likeness (QED) is 0.660. The van der Waals surface area contributed by atoms with E-state index in [-0.39, 0.29) is 0 Å². The van der Waals surface area contributed by atoms with Crippen molar-refractivity contribution in [2.45, 2.75) is 68.1 Å². The van der Waals surface area contributed by atoms with Crippen molar-refractivity contribution < 1.29 is 13.2 Å². The van der Waals surface area contributed by atoms with Gasteiger partial charge >= 0.3 is 0 Å². The van der Waals surface area contributed by atoms with E-state index in [9.17, 15) is 8.42 Å². The van der Waals surface area contributed by atoms with Crippen molar-refractivity contribution >= 4 is 32.8 Å². The van der Waals surface area contributed by atoms with Gasteiger partial charge in [-0.15, -0.1) is 0 Å². The summed E-state index contributed by atoms with van der Waals surface area (Å²) in [6.45, 7) is 4.99. The number of fused-ring (bicyclic) bond motifs is 1. The van der Waals surface area contributed by atoms with Gasteiger partial charge in [0.2, 0.25) is 10.0 Å². The Morgan fingerprint density at radius 2 is 2.00 bits per heavy atom. The molecule has 1 aromatic heterocycles. The van der Waals surface area contributed by atoms with Gasteiger partial charge in [0, 0.05) is 32.0 Å². The van der Waals surface area contributed by atoms with Crippen LogP contribution in [-0.4, -0.2) is 53.8 Å². The van der Waals surface area contributed by atoms with Gasteiger partial charge in [0.1, 0.15) is 0 Å².